The first kappa shape index (κ1) is 37.6. The quantitative estimate of drug-likeness (QED) is 0.104. The summed E-state index contributed by atoms with van der Waals surface area (Å²) in [5.74, 6) is -0.833. The van der Waals surface area contributed by atoms with Crippen LogP contribution < -0.4 is 3.12 Å². The molecule has 5 aromatic rings. The fourth-order valence-electron chi connectivity index (χ4n) is 2.78. The van der Waals surface area contributed by atoms with Gasteiger partial charge < -0.3 is 26.2 Å². The zero-order valence-corrected chi connectivity index (χ0v) is 30.6. The Morgan fingerprint density at radius 2 is 0.956 bits per heavy atom. The van der Waals surface area contributed by atoms with E-state index < -0.39 is 5.97 Å². The van der Waals surface area contributed by atoms with Gasteiger partial charge in [-0.2, -0.15) is 0 Å². The average molecular weight is 875 g/mol. The molecule has 0 aromatic heterocycles. The van der Waals surface area contributed by atoms with E-state index in [1.165, 1.54) is 28.9 Å². The molecule has 0 saturated carbocycles. The molecule has 13 heteroatoms. The van der Waals surface area contributed by atoms with Crippen molar-refractivity contribution >= 4 is 104 Å². The molecule has 5 rings (SSSR count). The normalized spacial score (nSPS) is 10.0. The summed E-state index contributed by atoms with van der Waals surface area (Å²) >= 11 is 24.3. The molecule has 0 unspecified atom stereocenters. The van der Waals surface area contributed by atoms with E-state index in [-0.39, 0.29) is 0 Å². The van der Waals surface area contributed by atoms with Crippen molar-refractivity contribution < 1.29 is 9.90 Å². The fraction of sp³-hybridized carbons (Fsp3) is 0.0312. The number of hydrogen-bond acceptors (Lipinski definition) is 5. The Hall–Kier alpha value is -3.55. The third-order valence-corrected chi connectivity index (χ3v) is 6.95. The van der Waals surface area contributed by atoms with Gasteiger partial charge in [0.2, 0.25) is 0 Å². The Labute approximate surface area is 297 Å². The van der Waals surface area contributed by atoms with E-state index in [1.54, 1.807) is 97.1 Å². The summed E-state index contributed by atoms with van der Waals surface area (Å²) in [6.45, 7) is 1.08. The standard InChI is InChI=1S/2C12H8Cl2N3.C6H5.C2H4O2.Pb/c2*13-9-4-6-11(7-5-9)15-17-16-12-3-1-2-10(14)8-12;1-2-4-6-5-3-1;1-2(3)4;/h2*1-8H;1-5H;1H3,(H,3,4);/q2*-1;;;. The van der Waals surface area contributed by atoms with Crippen molar-refractivity contribution in [3.05, 3.63) is 158 Å². The second-order valence-corrected chi connectivity index (χ2v) is 12.4. The van der Waals surface area contributed by atoms with Gasteiger partial charge in [0, 0.05) is 27.0 Å². The Morgan fingerprint density at radius 3 is 1.27 bits per heavy atom. The van der Waals surface area contributed by atoms with E-state index in [1.807, 2.05) is 6.07 Å². The molecule has 5 aromatic carbocycles. The van der Waals surface area contributed by atoms with Gasteiger partial charge in [-0.15, -0.1) is 0 Å². The number of nitrogens with zero attached hydrogens (tertiary/aromatic N) is 6. The first-order valence-electron chi connectivity index (χ1n) is 12.8. The molecular formula is C32H25Cl4N6O2Pb-2. The molecule has 0 aliphatic heterocycles. The summed E-state index contributed by atoms with van der Waals surface area (Å²) in [6, 6.07) is 38.7. The summed E-state index contributed by atoms with van der Waals surface area (Å²) in [5.41, 5.74) is 10.6. The number of aliphatic carboxylic acids is 1. The summed E-state index contributed by atoms with van der Waals surface area (Å²) < 4.78 is 1.46. The van der Waals surface area contributed by atoms with Crippen molar-refractivity contribution in [1.29, 1.82) is 0 Å². The van der Waals surface area contributed by atoms with Crippen LogP contribution in [-0.2, 0) is 4.79 Å². The molecule has 0 fully saturated rings. The minimum absolute atomic E-state index is 0.618. The van der Waals surface area contributed by atoms with Crippen molar-refractivity contribution in [3.8, 4) is 0 Å². The summed E-state index contributed by atoms with van der Waals surface area (Å²) in [5, 5.41) is 25.3. The molecule has 0 atom stereocenters. The van der Waals surface area contributed by atoms with Crippen molar-refractivity contribution in [2.45, 2.75) is 6.92 Å². The Kier molecular flexibility index (Phi) is 18.4. The van der Waals surface area contributed by atoms with Crippen LogP contribution in [0, 0.1) is 0 Å². The van der Waals surface area contributed by atoms with Gasteiger partial charge in [-0.05, 0) is 71.3 Å². The van der Waals surface area contributed by atoms with Gasteiger partial charge in [0.25, 0.3) is 5.97 Å². The van der Waals surface area contributed by atoms with Gasteiger partial charge in [0.1, 0.15) is 0 Å². The van der Waals surface area contributed by atoms with Crippen LogP contribution in [-0.4, -0.2) is 36.8 Å². The molecule has 0 amide bonds. The predicted octanol–water partition coefficient (Wildman–Crippen LogP) is 12.0. The van der Waals surface area contributed by atoms with Crippen LogP contribution in [0.5, 0.6) is 0 Å². The Balaban J connectivity index is 0.000000237. The second kappa shape index (κ2) is 22.0. The molecule has 0 aliphatic carbocycles. The van der Waals surface area contributed by atoms with Crippen molar-refractivity contribution in [1.82, 2.24) is 0 Å². The Bertz CT molecular complexity index is 1540. The van der Waals surface area contributed by atoms with Crippen LogP contribution in [0.2, 0.25) is 20.1 Å². The average Bonchev–Trinajstić information content (AvgIpc) is 3.00. The van der Waals surface area contributed by atoms with Gasteiger partial charge >= 0.3 is 59.2 Å². The van der Waals surface area contributed by atoms with Crippen LogP contribution in [0.25, 0.3) is 10.9 Å². The minimum atomic E-state index is -0.833. The number of carboxylic acids is 1. The summed E-state index contributed by atoms with van der Waals surface area (Å²) in [6.07, 6.45) is 0. The molecule has 0 saturated heterocycles. The summed E-state index contributed by atoms with van der Waals surface area (Å²) in [7, 11) is 0. The maximum atomic E-state index is 9.00. The van der Waals surface area contributed by atoms with Gasteiger partial charge in [-0.3, -0.25) is 15.2 Å². The van der Waals surface area contributed by atoms with Crippen LogP contribution in [0.4, 0.5) is 22.7 Å². The van der Waals surface area contributed by atoms with Crippen LogP contribution in [0.3, 0.4) is 0 Å². The van der Waals surface area contributed by atoms with E-state index in [4.69, 9.17) is 56.3 Å². The van der Waals surface area contributed by atoms with Crippen LogP contribution >= 0.6 is 46.4 Å². The second-order valence-electron chi connectivity index (χ2n) is 8.38. The SMILES string of the molecule is CC(=O)O.Clc1ccc(N=N[N-]c2cccc(Cl)c2)cc1.Clc1ccc(N=N[N-]c2cccc(Cl)c2)cc1.[Pb][c]1ccccc1. The van der Waals surface area contributed by atoms with Crippen molar-refractivity contribution in [3.63, 3.8) is 0 Å². The number of hydrogen-bond donors (Lipinski definition) is 1. The van der Waals surface area contributed by atoms with E-state index in [2.05, 4.69) is 55.8 Å². The van der Waals surface area contributed by atoms with Crippen molar-refractivity contribution in [2.75, 3.05) is 0 Å². The molecule has 0 heterocycles. The number of carboxylic acid groups (broad SMARTS) is 1. The molecule has 0 aliphatic rings. The Morgan fingerprint density at radius 1 is 0.578 bits per heavy atom. The predicted molar refractivity (Wildman–Crippen MR) is 186 cm³/mol. The molecule has 229 valence electrons. The molecule has 8 nitrogen and oxygen atoms in total. The zero-order valence-electron chi connectivity index (χ0n) is 23.7. The topological polar surface area (TPSA) is 115 Å². The van der Waals surface area contributed by atoms with Crippen LogP contribution in [0.1, 0.15) is 6.92 Å². The number of carbonyl (C=O) groups is 1. The summed E-state index contributed by atoms with van der Waals surface area (Å²) in [4.78, 5) is 9.00. The van der Waals surface area contributed by atoms with Gasteiger partial charge in [0.05, 0.1) is 0 Å². The molecule has 0 spiro atoms. The third-order valence-electron chi connectivity index (χ3n) is 4.68. The fourth-order valence-corrected chi connectivity index (χ4v) is 4.15. The number of benzene rings is 5. The molecule has 0 bridgehead atoms. The molecule has 3 radical (unpaired) electrons. The first-order chi connectivity index (χ1) is 21.6. The van der Waals surface area contributed by atoms with Gasteiger partial charge in [-0.25, -0.2) is 0 Å². The third kappa shape index (κ3) is 18.8. The number of halogens is 4. The van der Waals surface area contributed by atoms with E-state index in [0.29, 0.717) is 42.8 Å². The molecular weight excluding hydrogens is 849 g/mol. The maximum absolute atomic E-state index is 9.00. The van der Waals surface area contributed by atoms with E-state index in [0.717, 1.165) is 6.92 Å². The van der Waals surface area contributed by atoms with Gasteiger partial charge in [0.15, 0.2) is 0 Å². The first-order valence-corrected chi connectivity index (χ1v) is 16.3. The van der Waals surface area contributed by atoms with Crippen LogP contribution in [0.15, 0.2) is 148 Å². The number of rotatable bonds is 6. The zero-order chi connectivity index (χ0) is 32.9. The van der Waals surface area contributed by atoms with Crippen molar-refractivity contribution in [2.24, 2.45) is 20.7 Å². The van der Waals surface area contributed by atoms with Gasteiger partial charge in [-0.1, -0.05) is 94.9 Å². The molecule has 45 heavy (non-hydrogen) atoms. The monoisotopic (exact) mass is 873 g/mol. The van der Waals surface area contributed by atoms with E-state index >= 15 is 0 Å². The molecule has 1 N–H and O–H groups in total. The van der Waals surface area contributed by atoms with E-state index in [9.17, 15) is 0 Å².